The molecule has 2 saturated heterocycles. The van der Waals surface area contributed by atoms with Crippen molar-refractivity contribution in [3.63, 3.8) is 0 Å². The summed E-state index contributed by atoms with van der Waals surface area (Å²) in [6, 6.07) is 7.97. The highest BCUT2D eigenvalue weighted by molar-refractivity contribution is 5.79. The van der Waals surface area contributed by atoms with Crippen LogP contribution < -0.4 is 4.74 Å². The van der Waals surface area contributed by atoms with Gasteiger partial charge in [-0.25, -0.2) is 0 Å². The summed E-state index contributed by atoms with van der Waals surface area (Å²) in [5, 5.41) is 9.98. The summed E-state index contributed by atoms with van der Waals surface area (Å²) in [5.41, 5.74) is 1.10. The van der Waals surface area contributed by atoms with Crippen LogP contribution in [0.2, 0.25) is 0 Å². The fourth-order valence-electron chi connectivity index (χ4n) is 3.09. The Labute approximate surface area is 125 Å². The Balaban J connectivity index is 1.73. The highest BCUT2D eigenvalue weighted by Gasteiger charge is 2.34. The zero-order valence-corrected chi connectivity index (χ0v) is 12.4. The monoisotopic (exact) mass is 290 g/mol. The Morgan fingerprint density at radius 1 is 1.43 bits per heavy atom. The van der Waals surface area contributed by atoms with Gasteiger partial charge in [0.2, 0.25) is 5.91 Å². The Bertz CT molecular complexity index is 516. The van der Waals surface area contributed by atoms with Gasteiger partial charge < -0.3 is 14.7 Å². The molecule has 1 N–H and O–H groups in total. The summed E-state index contributed by atoms with van der Waals surface area (Å²) in [6.07, 6.45) is 1.40. The molecule has 2 heterocycles. The summed E-state index contributed by atoms with van der Waals surface area (Å²) in [4.78, 5) is 16.1. The zero-order valence-electron chi connectivity index (χ0n) is 12.4. The lowest BCUT2D eigenvalue weighted by atomic mass is 10.0. The van der Waals surface area contributed by atoms with E-state index in [9.17, 15) is 9.90 Å². The van der Waals surface area contributed by atoms with E-state index in [4.69, 9.17) is 4.74 Å². The minimum absolute atomic E-state index is 0.0836. The second kappa shape index (κ2) is 6.03. The molecule has 5 heteroatoms. The second-order valence-corrected chi connectivity index (χ2v) is 5.85. The van der Waals surface area contributed by atoms with Crippen molar-refractivity contribution in [2.75, 3.05) is 33.3 Å². The van der Waals surface area contributed by atoms with E-state index in [-0.39, 0.29) is 18.1 Å². The molecule has 0 aliphatic carbocycles. The number of methoxy groups -OCH3 is 1. The van der Waals surface area contributed by atoms with Crippen molar-refractivity contribution in [3.8, 4) is 5.75 Å². The van der Waals surface area contributed by atoms with E-state index in [2.05, 4.69) is 4.90 Å². The zero-order chi connectivity index (χ0) is 14.8. The largest absolute Gasteiger partial charge is 0.497 e. The number of hydrogen-bond acceptors (Lipinski definition) is 4. The van der Waals surface area contributed by atoms with Gasteiger partial charge in [0, 0.05) is 25.7 Å². The summed E-state index contributed by atoms with van der Waals surface area (Å²) in [6.45, 7) is 2.69. The quantitative estimate of drug-likeness (QED) is 0.900. The van der Waals surface area contributed by atoms with E-state index in [0.29, 0.717) is 19.5 Å². The lowest BCUT2D eigenvalue weighted by molar-refractivity contribution is -0.136. The minimum atomic E-state index is -0.370. The molecule has 21 heavy (non-hydrogen) atoms. The van der Waals surface area contributed by atoms with E-state index >= 15 is 0 Å². The van der Waals surface area contributed by atoms with Gasteiger partial charge in [0.15, 0.2) is 0 Å². The molecule has 2 aliphatic heterocycles. The highest BCUT2D eigenvalue weighted by atomic mass is 16.5. The number of ether oxygens (including phenoxy) is 1. The Hall–Kier alpha value is -1.59. The molecule has 0 unspecified atom stereocenters. The van der Waals surface area contributed by atoms with Crippen molar-refractivity contribution in [3.05, 3.63) is 29.8 Å². The molecule has 2 fully saturated rings. The summed E-state index contributed by atoms with van der Waals surface area (Å²) in [7, 11) is 1.65. The Morgan fingerprint density at radius 2 is 2.24 bits per heavy atom. The predicted molar refractivity (Wildman–Crippen MR) is 79.1 cm³/mol. The average molecular weight is 290 g/mol. The topological polar surface area (TPSA) is 53.0 Å². The maximum absolute atomic E-state index is 12.2. The summed E-state index contributed by atoms with van der Waals surface area (Å²) >= 11 is 0. The predicted octanol–water partition coefficient (Wildman–Crippen LogP) is 1.04. The Morgan fingerprint density at radius 3 is 2.90 bits per heavy atom. The second-order valence-electron chi connectivity index (χ2n) is 5.85. The number of rotatable bonds is 4. The lowest BCUT2D eigenvalue weighted by Crippen LogP contribution is -2.47. The number of nitrogens with zero attached hydrogens (tertiary/aromatic N) is 2. The number of aliphatic hydroxyl groups excluding tert-OH is 1. The van der Waals surface area contributed by atoms with Crippen molar-refractivity contribution in [1.82, 2.24) is 9.80 Å². The van der Waals surface area contributed by atoms with E-state index in [1.807, 2.05) is 29.2 Å². The summed E-state index contributed by atoms with van der Waals surface area (Å²) in [5.74, 6) is 0.978. The molecule has 2 aliphatic rings. The highest BCUT2D eigenvalue weighted by Crippen LogP contribution is 2.33. The van der Waals surface area contributed by atoms with E-state index < -0.39 is 0 Å². The number of benzene rings is 1. The number of hydrogen-bond donors (Lipinski definition) is 1. The van der Waals surface area contributed by atoms with Gasteiger partial charge in [0.05, 0.1) is 19.8 Å². The molecule has 0 bridgehead atoms. The van der Waals surface area contributed by atoms with E-state index in [1.54, 1.807) is 7.11 Å². The molecule has 3 rings (SSSR count). The molecule has 114 valence electrons. The SMILES string of the molecule is COc1cccc([C@@H]2C[C@H](O)CN2CC(=O)N2CCC2)c1. The number of β-amino-alcohol motifs (C(OH)–C–C–N with tert-alkyl or cyclic N) is 1. The molecule has 1 amide bonds. The van der Waals surface area contributed by atoms with Crippen LogP contribution in [-0.2, 0) is 4.79 Å². The van der Waals surface area contributed by atoms with Crippen LogP contribution in [0.25, 0.3) is 0 Å². The van der Waals surface area contributed by atoms with Gasteiger partial charge in [0.25, 0.3) is 0 Å². The van der Waals surface area contributed by atoms with Gasteiger partial charge in [-0.05, 0) is 30.5 Å². The average Bonchev–Trinajstić information content (AvgIpc) is 2.77. The van der Waals surface area contributed by atoms with E-state index in [0.717, 1.165) is 30.8 Å². The molecule has 0 aromatic heterocycles. The van der Waals surface area contributed by atoms with Gasteiger partial charge in [-0.3, -0.25) is 9.69 Å². The van der Waals surface area contributed by atoms with Gasteiger partial charge in [-0.1, -0.05) is 12.1 Å². The number of carbonyl (C=O) groups is 1. The maximum atomic E-state index is 12.2. The van der Waals surface area contributed by atoms with Gasteiger partial charge >= 0.3 is 0 Å². The first-order chi connectivity index (χ1) is 10.2. The van der Waals surface area contributed by atoms with Crippen LogP contribution >= 0.6 is 0 Å². The minimum Gasteiger partial charge on any atom is -0.497 e. The van der Waals surface area contributed by atoms with Crippen molar-refractivity contribution in [1.29, 1.82) is 0 Å². The molecular weight excluding hydrogens is 268 g/mol. The van der Waals surface area contributed by atoms with Gasteiger partial charge in [-0.15, -0.1) is 0 Å². The molecule has 2 atom stereocenters. The molecular formula is C16H22N2O3. The van der Waals surface area contributed by atoms with E-state index in [1.165, 1.54) is 0 Å². The normalized spacial score (nSPS) is 25.7. The third kappa shape index (κ3) is 3.04. The van der Waals surface area contributed by atoms with Crippen LogP contribution in [0.1, 0.15) is 24.4 Å². The van der Waals surface area contributed by atoms with Crippen molar-refractivity contribution in [2.45, 2.75) is 25.0 Å². The first-order valence-electron chi connectivity index (χ1n) is 7.51. The van der Waals surface area contributed by atoms with Crippen molar-refractivity contribution >= 4 is 5.91 Å². The number of amides is 1. The third-order valence-electron chi connectivity index (χ3n) is 4.41. The maximum Gasteiger partial charge on any atom is 0.236 e. The van der Waals surface area contributed by atoms with Crippen molar-refractivity contribution < 1.29 is 14.6 Å². The molecule has 1 aromatic carbocycles. The van der Waals surface area contributed by atoms with Crippen LogP contribution in [0.15, 0.2) is 24.3 Å². The smallest absolute Gasteiger partial charge is 0.236 e. The van der Waals surface area contributed by atoms with Crippen molar-refractivity contribution in [2.24, 2.45) is 0 Å². The van der Waals surface area contributed by atoms with Crippen LogP contribution in [0.3, 0.4) is 0 Å². The van der Waals surface area contributed by atoms with Crippen LogP contribution in [-0.4, -0.2) is 60.2 Å². The fourth-order valence-corrected chi connectivity index (χ4v) is 3.09. The first kappa shape index (κ1) is 14.4. The van der Waals surface area contributed by atoms with Crippen LogP contribution in [0.5, 0.6) is 5.75 Å². The lowest BCUT2D eigenvalue weighted by Gasteiger charge is -2.33. The fraction of sp³-hybridized carbons (Fsp3) is 0.562. The van der Waals surface area contributed by atoms with Crippen LogP contribution in [0.4, 0.5) is 0 Å². The first-order valence-corrected chi connectivity index (χ1v) is 7.51. The summed E-state index contributed by atoms with van der Waals surface area (Å²) < 4.78 is 5.27. The van der Waals surface area contributed by atoms with Crippen LogP contribution in [0, 0.1) is 0 Å². The Kier molecular flexibility index (Phi) is 4.12. The molecule has 0 spiro atoms. The molecule has 0 radical (unpaired) electrons. The number of likely N-dealkylation sites (tertiary alicyclic amines) is 2. The number of aliphatic hydroxyl groups is 1. The third-order valence-corrected chi connectivity index (χ3v) is 4.41. The molecule has 5 nitrogen and oxygen atoms in total. The number of carbonyl (C=O) groups excluding carboxylic acids is 1. The van der Waals surface area contributed by atoms with Gasteiger partial charge in [0.1, 0.15) is 5.75 Å². The molecule has 0 saturated carbocycles. The standard InChI is InChI=1S/C16H22N2O3/c1-21-14-5-2-4-12(8-14)15-9-13(19)10-18(15)11-16(20)17-6-3-7-17/h2,4-5,8,13,15,19H,3,6-7,9-11H2,1H3/t13-,15-/m0/s1. The van der Waals surface area contributed by atoms with Gasteiger partial charge in [-0.2, -0.15) is 0 Å². The molecule has 1 aromatic rings.